The molecular formula is C26H32FNO10S. The highest BCUT2D eigenvalue weighted by molar-refractivity contribution is 7.14. The largest absolute Gasteiger partial charge is 0.479 e. The van der Waals surface area contributed by atoms with Crippen LogP contribution in [-0.2, 0) is 27.3 Å². The molecule has 5 atom stereocenters. The standard InChI is InChI=1S/C20H20FNO3S.C6H12O7/c1-12(23)25-18-10-14-11-22(9-8-17(14)26-18)19(20(24)13-6-7-13)15-4-2-3-5-16(15)21;7-1-2(8)3(9)4(10)5(11)6(12)13/h2-5,10,13,19H,6-9,11H2,1H3;2-5,7-11H,1H2,(H,12,13). The molecule has 1 fully saturated rings. The number of rotatable bonds is 10. The zero-order chi connectivity index (χ0) is 28.9. The topological polar surface area (TPSA) is 185 Å². The van der Waals surface area contributed by atoms with Crippen molar-refractivity contribution in [3.8, 4) is 5.06 Å². The highest BCUT2D eigenvalue weighted by Crippen LogP contribution is 2.41. The molecule has 0 spiro atoms. The van der Waals surface area contributed by atoms with E-state index in [9.17, 15) is 18.8 Å². The SMILES string of the molecule is CC(=O)Oc1cc2c(s1)CCN(C(C(=O)C1CC1)c1ccccc1F)C2.O=C(O)C(O)C(O)C(O)C(O)CO. The number of ether oxygens (including phenoxy) is 1. The number of aliphatic hydroxyl groups is 5. The first-order valence-electron chi connectivity index (χ1n) is 12.3. The summed E-state index contributed by atoms with van der Waals surface area (Å²) >= 11 is 1.47. The maximum atomic E-state index is 14.4. The number of hydrogen-bond acceptors (Lipinski definition) is 11. The van der Waals surface area contributed by atoms with E-state index >= 15 is 0 Å². The van der Waals surface area contributed by atoms with Gasteiger partial charge in [0.1, 0.15) is 24.1 Å². The fourth-order valence-electron chi connectivity index (χ4n) is 4.23. The smallest absolute Gasteiger partial charge is 0.335 e. The number of halogens is 1. The summed E-state index contributed by atoms with van der Waals surface area (Å²) in [5, 5.41) is 52.4. The van der Waals surface area contributed by atoms with Gasteiger partial charge in [-0.3, -0.25) is 14.5 Å². The Morgan fingerprint density at radius 1 is 1.13 bits per heavy atom. The van der Waals surface area contributed by atoms with Gasteiger partial charge in [-0.05, 0) is 37.0 Å². The molecule has 5 unspecified atom stereocenters. The molecule has 2 aromatic rings. The molecule has 39 heavy (non-hydrogen) atoms. The van der Waals surface area contributed by atoms with Crippen LogP contribution in [-0.4, -0.2) is 90.8 Å². The number of ketones is 1. The van der Waals surface area contributed by atoms with E-state index in [0.29, 0.717) is 23.7 Å². The zero-order valence-corrected chi connectivity index (χ0v) is 22.0. The molecule has 0 bridgehead atoms. The van der Waals surface area contributed by atoms with Gasteiger partial charge in [-0.25, -0.2) is 9.18 Å². The monoisotopic (exact) mass is 569 g/mol. The summed E-state index contributed by atoms with van der Waals surface area (Å²) in [4.78, 5) is 37.4. The van der Waals surface area contributed by atoms with Crippen molar-refractivity contribution >= 4 is 29.1 Å². The number of carbonyl (C=O) groups excluding carboxylic acids is 2. The van der Waals surface area contributed by atoms with Crippen LogP contribution < -0.4 is 4.74 Å². The van der Waals surface area contributed by atoms with Crippen LogP contribution in [0.15, 0.2) is 30.3 Å². The lowest BCUT2D eigenvalue weighted by Gasteiger charge is -2.34. The number of fused-ring (bicyclic) bond motifs is 1. The second-order valence-corrected chi connectivity index (χ2v) is 10.5. The minimum Gasteiger partial charge on any atom is -0.479 e. The predicted molar refractivity (Wildman–Crippen MR) is 135 cm³/mol. The Hall–Kier alpha value is -2.78. The van der Waals surface area contributed by atoms with Crippen LogP contribution in [0.5, 0.6) is 5.06 Å². The average molecular weight is 570 g/mol. The molecule has 11 nitrogen and oxygen atoms in total. The lowest BCUT2D eigenvalue weighted by atomic mass is 9.95. The Bertz CT molecular complexity index is 1170. The maximum absolute atomic E-state index is 14.4. The van der Waals surface area contributed by atoms with Crippen LogP contribution in [0, 0.1) is 11.7 Å². The first kappa shape index (κ1) is 30.8. The molecule has 0 saturated heterocycles. The number of benzene rings is 1. The summed E-state index contributed by atoms with van der Waals surface area (Å²) in [5.74, 6) is -2.22. The molecule has 1 aromatic carbocycles. The lowest BCUT2D eigenvalue weighted by molar-refractivity contribution is -0.164. The van der Waals surface area contributed by atoms with Crippen molar-refractivity contribution in [2.24, 2.45) is 5.92 Å². The van der Waals surface area contributed by atoms with Crippen LogP contribution in [0.1, 0.15) is 41.8 Å². The molecule has 1 saturated carbocycles. The molecule has 13 heteroatoms. The van der Waals surface area contributed by atoms with E-state index in [1.54, 1.807) is 18.2 Å². The summed E-state index contributed by atoms with van der Waals surface area (Å²) < 4.78 is 19.6. The molecule has 1 aliphatic heterocycles. The fourth-order valence-corrected chi connectivity index (χ4v) is 5.28. The van der Waals surface area contributed by atoms with Crippen LogP contribution in [0.3, 0.4) is 0 Å². The Morgan fingerprint density at radius 2 is 1.79 bits per heavy atom. The van der Waals surface area contributed by atoms with E-state index in [0.717, 1.165) is 24.8 Å². The molecule has 1 aromatic heterocycles. The van der Waals surface area contributed by atoms with E-state index in [1.165, 1.54) is 29.2 Å². The van der Waals surface area contributed by atoms with Crippen molar-refractivity contribution in [3.05, 3.63) is 52.2 Å². The number of aliphatic carboxylic acids is 1. The maximum Gasteiger partial charge on any atom is 0.335 e. The number of aliphatic hydroxyl groups excluding tert-OH is 5. The number of esters is 1. The normalized spacial score (nSPS) is 18.9. The summed E-state index contributed by atoms with van der Waals surface area (Å²) in [7, 11) is 0. The highest BCUT2D eigenvalue weighted by atomic mass is 32.1. The van der Waals surface area contributed by atoms with Crippen molar-refractivity contribution in [2.45, 2.75) is 63.2 Å². The molecule has 6 N–H and O–H groups in total. The minimum absolute atomic E-state index is 0.0556. The number of Topliss-reactive ketones (excluding diaryl/α,β-unsaturated/α-hetero) is 1. The van der Waals surface area contributed by atoms with Gasteiger partial charge in [-0.15, -0.1) is 11.3 Å². The summed E-state index contributed by atoms with van der Waals surface area (Å²) in [6.07, 6.45) is -5.27. The Kier molecular flexibility index (Phi) is 10.7. The average Bonchev–Trinajstić information content (AvgIpc) is 3.68. The number of nitrogens with zero attached hydrogens (tertiary/aromatic N) is 1. The third-order valence-corrected chi connectivity index (χ3v) is 7.55. The molecule has 2 heterocycles. The number of hydrogen-bond donors (Lipinski definition) is 6. The lowest BCUT2D eigenvalue weighted by Crippen LogP contribution is -2.48. The van der Waals surface area contributed by atoms with E-state index in [2.05, 4.69) is 4.90 Å². The number of carbonyl (C=O) groups is 3. The van der Waals surface area contributed by atoms with Crippen LogP contribution in [0.4, 0.5) is 4.39 Å². The van der Waals surface area contributed by atoms with Crippen molar-refractivity contribution < 1.29 is 54.2 Å². The minimum atomic E-state index is -2.20. The molecule has 4 rings (SSSR count). The highest BCUT2D eigenvalue weighted by Gasteiger charge is 2.40. The molecule has 2 aliphatic rings. The third-order valence-electron chi connectivity index (χ3n) is 6.44. The van der Waals surface area contributed by atoms with Crippen molar-refractivity contribution in [1.82, 2.24) is 4.90 Å². The van der Waals surface area contributed by atoms with Crippen molar-refractivity contribution in [3.63, 3.8) is 0 Å². The van der Waals surface area contributed by atoms with Gasteiger partial charge in [0, 0.05) is 36.4 Å². The molecule has 1 aliphatic carbocycles. The zero-order valence-electron chi connectivity index (χ0n) is 21.1. The molecule has 0 radical (unpaired) electrons. The van der Waals surface area contributed by atoms with E-state index < -0.39 is 43.0 Å². The number of thiophene rings is 1. The van der Waals surface area contributed by atoms with Crippen LogP contribution in [0.2, 0.25) is 0 Å². The second-order valence-electron chi connectivity index (χ2n) is 9.44. The van der Waals surface area contributed by atoms with Gasteiger partial charge in [0.15, 0.2) is 17.0 Å². The van der Waals surface area contributed by atoms with Crippen LogP contribution >= 0.6 is 11.3 Å². The van der Waals surface area contributed by atoms with Gasteiger partial charge < -0.3 is 35.4 Å². The first-order valence-corrected chi connectivity index (χ1v) is 13.1. The van der Waals surface area contributed by atoms with Gasteiger partial charge >= 0.3 is 11.9 Å². The number of carboxylic acids is 1. The van der Waals surface area contributed by atoms with Gasteiger partial charge in [0.05, 0.1) is 12.6 Å². The number of carboxylic acid groups (broad SMARTS) is 1. The Labute approximate surface area is 227 Å². The third kappa shape index (κ3) is 7.88. The molecular weight excluding hydrogens is 537 g/mol. The molecule has 214 valence electrons. The van der Waals surface area contributed by atoms with Crippen LogP contribution in [0.25, 0.3) is 0 Å². The van der Waals surface area contributed by atoms with Crippen molar-refractivity contribution in [1.29, 1.82) is 0 Å². The Morgan fingerprint density at radius 3 is 2.36 bits per heavy atom. The van der Waals surface area contributed by atoms with Gasteiger partial charge in [0.2, 0.25) is 0 Å². The molecule has 0 amide bonds. The quantitative estimate of drug-likeness (QED) is 0.218. The van der Waals surface area contributed by atoms with Crippen molar-refractivity contribution in [2.75, 3.05) is 13.2 Å². The second kappa shape index (κ2) is 13.5. The van der Waals surface area contributed by atoms with Gasteiger partial charge in [0.25, 0.3) is 0 Å². The summed E-state index contributed by atoms with van der Waals surface area (Å²) in [5.41, 5.74) is 1.52. The van der Waals surface area contributed by atoms with Gasteiger partial charge in [-0.1, -0.05) is 18.2 Å². The Balaban J connectivity index is 0.000000276. The summed E-state index contributed by atoms with van der Waals surface area (Å²) in [6, 6.07) is 7.89. The van der Waals surface area contributed by atoms with E-state index in [1.807, 2.05) is 6.07 Å². The first-order chi connectivity index (χ1) is 18.4. The van der Waals surface area contributed by atoms with E-state index in [-0.39, 0.29) is 23.5 Å². The predicted octanol–water partition coefficient (Wildman–Crippen LogP) is 0.398. The van der Waals surface area contributed by atoms with E-state index in [4.69, 9.17) is 35.4 Å². The van der Waals surface area contributed by atoms with Gasteiger partial charge in [-0.2, -0.15) is 0 Å². The summed E-state index contributed by atoms with van der Waals surface area (Å²) in [6.45, 7) is 1.78. The fraction of sp³-hybridized carbons (Fsp3) is 0.500.